The van der Waals surface area contributed by atoms with E-state index in [-0.39, 0.29) is 18.6 Å². The van der Waals surface area contributed by atoms with E-state index in [4.69, 9.17) is 4.74 Å². The number of aromatic nitrogens is 1. The van der Waals surface area contributed by atoms with E-state index < -0.39 is 11.6 Å². The average molecular weight is 369 g/mol. The van der Waals surface area contributed by atoms with E-state index in [1.807, 2.05) is 42.5 Å². The van der Waals surface area contributed by atoms with Crippen LogP contribution in [0.3, 0.4) is 0 Å². The predicted octanol–water partition coefficient (Wildman–Crippen LogP) is 1.91. The van der Waals surface area contributed by atoms with Crippen LogP contribution in [-0.4, -0.2) is 52.8 Å². The maximum atomic E-state index is 12.3. The van der Waals surface area contributed by atoms with Gasteiger partial charge in [-0.3, -0.25) is 14.7 Å². The van der Waals surface area contributed by atoms with Gasteiger partial charge >= 0.3 is 0 Å². The molecular weight excluding hydrogens is 342 g/mol. The van der Waals surface area contributed by atoms with Crippen LogP contribution in [0.5, 0.6) is 0 Å². The lowest BCUT2D eigenvalue weighted by atomic mass is 9.79. The highest BCUT2D eigenvalue weighted by Crippen LogP contribution is 2.37. The van der Waals surface area contributed by atoms with Crippen LogP contribution in [0.4, 0.5) is 0 Å². The number of carbonyl (C=O) groups excluding carboxylic acids is 1. The fourth-order valence-electron chi connectivity index (χ4n) is 3.75. The molecule has 3 atom stereocenters. The number of ether oxygens (including phenoxy) is 1. The summed E-state index contributed by atoms with van der Waals surface area (Å²) in [6.07, 6.45) is 4.13. The number of benzene rings is 1. The van der Waals surface area contributed by atoms with Crippen LogP contribution in [0.25, 0.3) is 0 Å². The molecule has 27 heavy (non-hydrogen) atoms. The molecule has 3 rings (SSSR count). The van der Waals surface area contributed by atoms with Crippen molar-refractivity contribution in [1.29, 1.82) is 0 Å². The normalized spacial score (nSPS) is 25.9. The van der Waals surface area contributed by atoms with Crippen LogP contribution in [0, 0.1) is 0 Å². The third-order valence-electron chi connectivity index (χ3n) is 5.15. The molecule has 1 aromatic heterocycles. The molecule has 0 saturated carbocycles. The summed E-state index contributed by atoms with van der Waals surface area (Å²) in [5, 5.41) is 14.1. The second kappa shape index (κ2) is 8.61. The van der Waals surface area contributed by atoms with Gasteiger partial charge in [0.25, 0.3) is 0 Å². The van der Waals surface area contributed by atoms with Gasteiger partial charge in [-0.2, -0.15) is 0 Å². The van der Waals surface area contributed by atoms with Gasteiger partial charge in [-0.05, 0) is 36.6 Å². The highest BCUT2D eigenvalue weighted by atomic mass is 16.5. The molecule has 0 radical (unpaired) electrons. The van der Waals surface area contributed by atoms with Crippen molar-refractivity contribution in [1.82, 2.24) is 15.2 Å². The average Bonchev–Trinajstić information content (AvgIpc) is 2.66. The van der Waals surface area contributed by atoms with E-state index in [9.17, 15) is 9.90 Å². The van der Waals surface area contributed by atoms with Crippen molar-refractivity contribution >= 4 is 5.91 Å². The lowest BCUT2D eigenvalue weighted by Gasteiger charge is -2.49. The molecule has 0 aliphatic carbocycles. The van der Waals surface area contributed by atoms with Crippen LogP contribution in [0.1, 0.15) is 30.5 Å². The van der Waals surface area contributed by atoms with E-state index in [0.717, 1.165) is 24.2 Å². The number of amides is 1. The van der Waals surface area contributed by atoms with E-state index in [1.165, 1.54) is 7.11 Å². The number of nitrogens with one attached hydrogen (secondary N) is 1. The van der Waals surface area contributed by atoms with Gasteiger partial charge in [-0.25, -0.2) is 0 Å². The molecule has 6 nitrogen and oxygen atoms in total. The number of methoxy groups -OCH3 is 1. The summed E-state index contributed by atoms with van der Waals surface area (Å²) < 4.78 is 4.96. The molecule has 2 heterocycles. The largest absolute Gasteiger partial charge is 0.388 e. The monoisotopic (exact) mass is 369 g/mol. The summed E-state index contributed by atoms with van der Waals surface area (Å²) >= 11 is 0. The molecule has 2 N–H and O–H groups in total. The molecule has 0 bridgehead atoms. The molecule has 1 fully saturated rings. The second-order valence-corrected chi connectivity index (χ2v) is 7.27. The highest BCUT2D eigenvalue weighted by molar-refractivity contribution is 5.77. The Morgan fingerprint density at radius 3 is 2.67 bits per heavy atom. The quantitative estimate of drug-likeness (QED) is 0.814. The molecular formula is C21H27N3O3. The van der Waals surface area contributed by atoms with Gasteiger partial charge in [-0.15, -0.1) is 0 Å². The maximum absolute atomic E-state index is 12.3. The van der Waals surface area contributed by atoms with Gasteiger partial charge in [-0.1, -0.05) is 30.3 Å². The van der Waals surface area contributed by atoms with Crippen LogP contribution in [0.2, 0.25) is 0 Å². The van der Waals surface area contributed by atoms with Crippen molar-refractivity contribution in [2.24, 2.45) is 0 Å². The number of pyridine rings is 1. The molecule has 6 heteroatoms. The van der Waals surface area contributed by atoms with Crippen molar-refractivity contribution < 1.29 is 14.6 Å². The third kappa shape index (κ3) is 4.71. The Hall–Kier alpha value is -2.28. The minimum absolute atomic E-state index is 0.0293. The van der Waals surface area contributed by atoms with Gasteiger partial charge in [0, 0.05) is 32.6 Å². The van der Waals surface area contributed by atoms with Crippen molar-refractivity contribution in [2.75, 3.05) is 20.3 Å². The zero-order valence-electron chi connectivity index (χ0n) is 15.8. The first kappa shape index (κ1) is 19.5. The number of aliphatic hydroxyl groups is 1. The summed E-state index contributed by atoms with van der Waals surface area (Å²) in [6, 6.07) is 13.4. The first-order chi connectivity index (χ1) is 13.0. The molecule has 1 saturated heterocycles. The fraction of sp³-hybridized carbons (Fsp3) is 0.429. The molecule has 0 spiro atoms. The lowest BCUT2D eigenvalue weighted by Crippen LogP contribution is -2.62. The highest BCUT2D eigenvalue weighted by Gasteiger charge is 2.46. The van der Waals surface area contributed by atoms with Crippen LogP contribution in [0.15, 0.2) is 54.9 Å². The molecule has 2 aromatic rings. The molecule has 1 aliphatic rings. The number of piperidine rings is 1. The van der Waals surface area contributed by atoms with E-state index in [0.29, 0.717) is 6.42 Å². The van der Waals surface area contributed by atoms with Crippen molar-refractivity contribution in [2.45, 2.75) is 37.6 Å². The van der Waals surface area contributed by atoms with Crippen LogP contribution < -0.4 is 5.32 Å². The maximum Gasteiger partial charge on any atom is 0.246 e. The van der Waals surface area contributed by atoms with E-state index >= 15 is 0 Å². The van der Waals surface area contributed by atoms with Gasteiger partial charge < -0.3 is 15.2 Å². The van der Waals surface area contributed by atoms with Gasteiger partial charge in [0.05, 0.1) is 17.7 Å². The zero-order chi connectivity index (χ0) is 19.3. The number of carbonyl (C=O) groups is 1. The molecule has 1 amide bonds. The second-order valence-electron chi connectivity index (χ2n) is 7.27. The first-order valence-corrected chi connectivity index (χ1v) is 9.20. The van der Waals surface area contributed by atoms with Gasteiger partial charge in [0.15, 0.2) is 0 Å². The van der Waals surface area contributed by atoms with Crippen molar-refractivity contribution in [3.63, 3.8) is 0 Å². The topological polar surface area (TPSA) is 74.7 Å². The molecule has 3 unspecified atom stereocenters. The van der Waals surface area contributed by atoms with E-state index in [1.54, 1.807) is 19.3 Å². The third-order valence-corrected chi connectivity index (χ3v) is 5.15. The SMILES string of the molecule is COCC(=O)NC1C(c2ccccc2)N(Cc2ccncc2)CCC1(C)O. The van der Waals surface area contributed by atoms with Crippen LogP contribution in [-0.2, 0) is 16.1 Å². The summed E-state index contributed by atoms with van der Waals surface area (Å²) in [5.41, 5.74) is 1.20. The summed E-state index contributed by atoms with van der Waals surface area (Å²) in [6.45, 7) is 3.21. The van der Waals surface area contributed by atoms with Crippen molar-refractivity contribution in [3.8, 4) is 0 Å². The number of hydrogen-bond acceptors (Lipinski definition) is 5. The Kier molecular flexibility index (Phi) is 6.21. The van der Waals surface area contributed by atoms with Crippen LogP contribution >= 0.6 is 0 Å². The standard InChI is InChI=1S/C21H27N3O3/c1-21(26)10-13-24(14-16-8-11-22-12-9-16)19(17-6-4-3-5-7-17)20(21)23-18(25)15-27-2/h3-9,11-12,19-20,26H,10,13-15H2,1-2H3,(H,23,25). The number of rotatable bonds is 6. The smallest absolute Gasteiger partial charge is 0.246 e. The summed E-state index contributed by atoms with van der Waals surface area (Å²) in [5.74, 6) is -0.227. The Labute approximate surface area is 160 Å². The fourth-order valence-corrected chi connectivity index (χ4v) is 3.75. The zero-order valence-corrected chi connectivity index (χ0v) is 15.8. The Morgan fingerprint density at radius 1 is 1.30 bits per heavy atom. The first-order valence-electron chi connectivity index (χ1n) is 9.20. The Morgan fingerprint density at radius 2 is 2.00 bits per heavy atom. The van der Waals surface area contributed by atoms with Gasteiger partial charge in [0.2, 0.25) is 5.91 Å². The molecule has 144 valence electrons. The number of hydrogen-bond donors (Lipinski definition) is 2. The Balaban J connectivity index is 1.94. The van der Waals surface area contributed by atoms with E-state index in [2.05, 4.69) is 15.2 Å². The Bertz CT molecular complexity index is 737. The molecule has 1 aliphatic heterocycles. The summed E-state index contributed by atoms with van der Waals surface area (Å²) in [4.78, 5) is 18.7. The summed E-state index contributed by atoms with van der Waals surface area (Å²) in [7, 11) is 1.49. The molecule has 1 aromatic carbocycles. The number of nitrogens with zero attached hydrogens (tertiary/aromatic N) is 2. The minimum atomic E-state index is -1.02. The number of likely N-dealkylation sites (tertiary alicyclic amines) is 1. The predicted molar refractivity (Wildman–Crippen MR) is 103 cm³/mol. The van der Waals surface area contributed by atoms with Crippen molar-refractivity contribution in [3.05, 3.63) is 66.0 Å². The minimum Gasteiger partial charge on any atom is -0.388 e. The lowest BCUT2D eigenvalue weighted by molar-refractivity contribution is -0.132. The van der Waals surface area contributed by atoms with Gasteiger partial charge in [0.1, 0.15) is 6.61 Å².